The number of amides is 1. The van der Waals surface area contributed by atoms with E-state index < -0.39 is 11.9 Å². The van der Waals surface area contributed by atoms with Crippen molar-refractivity contribution < 1.29 is 19.4 Å². The minimum atomic E-state index is -0.597. The summed E-state index contributed by atoms with van der Waals surface area (Å²) in [6.45, 7) is 1.32. The van der Waals surface area contributed by atoms with Gasteiger partial charge < -0.3 is 15.2 Å². The maximum Gasteiger partial charge on any atom is 0.338 e. The summed E-state index contributed by atoms with van der Waals surface area (Å²) in [6, 6.07) is 13.2. The number of rotatable bonds is 6. The summed E-state index contributed by atoms with van der Waals surface area (Å²) in [7, 11) is 0. The molecule has 6 heteroatoms. The van der Waals surface area contributed by atoms with Crippen LogP contribution in [-0.4, -0.2) is 23.6 Å². The van der Waals surface area contributed by atoms with Crippen molar-refractivity contribution in [3.8, 4) is 0 Å². The molecule has 0 aliphatic heterocycles. The van der Waals surface area contributed by atoms with Gasteiger partial charge in [-0.2, -0.15) is 0 Å². The largest absolute Gasteiger partial charge is 0.452 e. The van der Waals surface area contributed by atoms with Crippen LogP contribution in [0.3, 0.4) is 0 Å². The first-order valence-electron chi connectivity index (χ1n) is 7.42. The Labute approximate surface area is 145 Å². The lowest BCUT2D eigenvalue weighted by atomic mass is 10.1. The highest BCUT2D eigenvalue weighted by Crippen LogP contribution is 2.21. The Morgan fingerprint density at radius 3 is 2.46 bits per heavy atom. The van der Waals surface area contributed by atoms with E-state index in [-0.39, 0.29) is 19.3 Å². The fraction of sp³-hybridized carbons (Fsp3) is 0.222. The normalized spacial score (nSPS) is 11.6. The highest BCUT2D eigenvalue weighted by atomic mass is 35.5. The van der Waals surface area contributed by atoms with Crippen LogP contribution < -0.4 is 5.32 Å². The number of halogens is 1. The molecule has 0 spiro atoms. The van der Waals surface area contributed by atoms with Crippen molar-refractivity contribution in [1.82, 2.24) is 5.32 Å². The summed E-state index contributed by atoms with van der Waals surface area (Å²) in [5, 5.41) is 12.3. The molecule has 2 aromatic rings. The van der Waals surface area contributed by atoms with Crippen molar-refractivity contribution in [2.75, 3.05) is 6.61 Å². The molecule has 2 N–H and O–H groups in total. The fourth-order valence-corrected chi connectivity index (χ4v) is 2.45. The molecule has 126 valence electrons. The predicted molar refractivity (Wildman–Crippen MR) is 90.7 cm³/mol. The smallest absolute Gasteiger partial charge is 0.338 e. The monoisotopic (exact) mass is 347 g/mol. The van der Waals surface area contributed by atoms with Gasteiger partial charge in [-0.05, 0) is 36.2 Å². The zero-order chi connectivity index (χ0) is 17.5. The zero-order valence-electron chi connectivity index (χ0n) is 13.2. The van der Waals surface area contributed by atoms with E-state index in [1.54, 1.807) is 25.1 Å². The van der Waals surface area contributed by atoms with E-state index >= 15 is 0 Å². The van der Waals surface area contributed by atoms with Gasteiger partial charge >= 0.3 is 5.97 Å². The van der Waals surface area contributed by atoms with Crippen molar-refractivity contribution in [3.63, 3.8) is 0 Å². The lowest BCUT2D eigenvalue weighted by Crippen LogP contribution is -2.31. The van der Waals surface area contributed by atoms with E-state index in [1.165, 1.54) is 12.1 Å². The molecular weight excluding hydrogens is 330 g/mol. The van der Waals surface area contributed by atoms with Crippen molar-refractivity contribution in [3.05, 3.63) is 70.2 Å². The lowest BCUT2D eigenvalue weighted by Gasteiger charge is -2.15. The highest BCUT2D eigenvalue weighted by molar-refractivity contribution is 6.31. The summed E-state index contributed by atoms with van der Waals surface area (Å²) < 4.78 is 4.98. The maximum absolute atomic E-state index is 11.9. The van der Waals surface area contributed by atoms with Gasteiger partial charge in [-0.1, -0.05) is 41.9 Å². The van der Waals surface area contributed by atoms with Crippen molar-refractivity contribution in [1.29, 1.82) is 0 Å². The summed E-state index contributed by atoms with van der Waals surface area (Å²) >= 11 is 6.08. The molecule has 0 fully saturated rings. The molecule has 2 rings (SSSR count). The summed E-state index contributed by atoms with van der Waals surface area (Å²) in [4.78, 5) is 23.8. The number of esters is 1. The molecule has 2 aromatic carbocycles. The molecule has 0 bridgehead atoms. The minimum absolute atomic E-state index is 0.0995. The quantitative estimate of drug-likeness (QED) is 0.788. The van der Waals surface area contributed by atoms with Gasteiger partial charge in [0, 0.05) is 5.02 Å². The van der Waals surface area contributed by atoms with E-state index in [1.807, 2.05) is 18.2 Å². The average Bonchev–Trinajstić information content (AvgIpc) is 2.60. The SMILES string of the molecule is C[C@H](NC(=O)COC(=O)c1ccc(CO)cc1)c1ccccc1Cl. The number of aliphatic hydroxyl groups excluding tert-OH is 1. The first-order chi connectivity index (χ1) is 11.5. The molecule has 0 aliphatic rings. The molecule has 0 heterocycles. The molecule has 24 heavy (non-hydrogen) atoms. The molecule has 5 nitrogen and oxygen atoms in total. The molecule has 0 unspecified atom stereocenters. The Morgan fingerprint density at radius 2 is 1.83 bits per heavy atom. The van der Waals surface area contributed by atoms with Gasteiger partial charge in [0.2, 0.25) is 0 Å². The summed E-state index contributed by atoms with van der Waals surface area (Å²) in [5.41, 5.74) is 1.80. The minimum Gasteiger partial charge on any atom is -0.452 e. The van der Waals surface area contributed by atoms with Crippen LogP contribution in [0.4, 0.5) is 0 Å². The molecule has 1 amide bonds. The van der Waals surface area contributed by atoms with Crippen LogP contribution in [0.5, 0.6) is 0 Å². The highest BCUT2D eigenvalue weighted by Gasteiger charge is 2.14. The van der Waals surface area contributed by atoms with Gasteiger partial charge in [0.25, 0.3) is 5.91 Å². The third kappa shape index (κ3) is 4.81. The van der Waals surface area contributed by atoms with Crippen LogP contribution in [-0.2, 0) is 16.1 Å². The second-order valence-corrected chi connectivity index (χ2v) is 5.65. The number of hydrogen-bond donors (Lipinski definition) is 2. The zero-order valence-corrected chi connectivity index (χ0v) is 13.9. The standard InChI is InChI=1S/C18H18ClNO4/c1-12(15-4-2-3-5-16(15)19)20-17(22)11-24-18(23)14-8-6-13(10-21)7-9-14/h2-9,12,21H,10-11H2,1H3,(H,20,22)/t12-/m0/s1. The Hall–Kier alpha value is -2.37. The topological polar surface area (TPSA) is 75.6 Å². The Balaban J connectivity index is 1.86. The van der Waals surface area contributed by atoms with E-state index in [4.69, 9.17) is 21.4 Å². The van der Waals surface area contributed by atoms with E-state index in [0.29, 0.717) is 16.1 Å². The molecular formula is C18H18ClNO4. The molecule has 0 saturated heterocycles. The average molecular weight is 348 g/mol. The van der Waals surface area contributed by atoms with Gasteiger partial charge in [0.05, 0.1) is 18.2 Å². The molecule has 1 atom stereocenters. The second kappa shape index (κ2) is 8.47. The van der Waals surface area contributed by atoms with E-state index in [0.717, 1.165) is 5.56 Å². The number of hydrogen-bond acceptors (Lipinski definition) is 4. The maximum atomic E-state index is 11.9. The Bertz CT molecular complexity index is 715. The fourth-order valence-electron chi connectivity index (χ4n) is 2.15. The lowest BCUT2D eigenvalue weighted by molar-refractivity contribution is -0.124. The molecule has 0 aromatic heterocycles. The van der Waals surface area contributed by atoms with E-state index in [2.05, 4.69) is 5.32 Å². The third-order valence-corrected chi connectivity index (χ3v) is 3.80. The third-order valence-electron chi connectivity index (χ3n) is 3.46. The number of nitrogens with one attached hydrogen (secondary N) is 1. The van der Waals surface area contributed by atoms with Gasteiger partial charge in [-0.25, -0.2) is 4.79 Å². The van der Waals surface area contributed by atoms with Gasteiger partial charge in [0.1, 0.15) is 0 Å². The van der Waals surface area contributed by atoms with E-state index in [9.17, 15) is 9.59 Å². The number of benzene rings is 2. The second-order valence-electron chi connectivity index (χ2n) is 5.24. The van der Waals surface area contributed by atoms with Gasteiger partial charge in [0.15, 0.2) is 6.61 Å². The molecule has 0 radical (unpaired) electrons. The van der Waals surface area contributed by atoms with Crippen molar-refractivity contribution in [2.24, 2.45) is 0 Å². The van der Waals surface area contributed by atoms with Gasteiger partial charge in [-0.3, -0.25) is 4.79 Å². The van der Waals surface area contributed by atoms with Crippen LogP contribution >= 0.6 is 11.6 Å². The number of ether oxygens (including phenoxy) is 1. The number of carbonyl (C=O) groups excluding carboxylic acids is 2. The van der Waals surface area contributed by atoms with Crippen LogP contribution in [0, 0.1) is 0 Å². The summed E-state index contributed by atoms with van der Waals surface area (Å²) in [6.07, 6.45) is 0. The van der Waals surface area contributed by atoms with Crippen LogP contribution in [0.15, 0.2) is 48.5 Å². The van der Waals surface area contributed by atoms with Crippen LogP contribution in [0.1, 0.15) is 34.5 Å². The van der Waals surface area contributed by atoms with Crippen LogP contribution in [0.2, 0.25) is 5.02 Å². The van der Waals surface area contributed by atoms with Crippen molar-refractivity contribution in [2.45, 2.75) is 19.6 Å². The predicted octanol–water partition coefficient (Wildman–Crippen LogP) is 2.87. The van der Waals surface area contributed by atoms with Gasteiger partial charge in [-0.15, -0.1) is 0 Å². The number of carbonyl (C=O) groups is 2. The Morgan fingerprint density at radius 1 is 1.17 bits per heavy atom. The first-order valence-corrected chi connectivity index (χ1v) is 7.79. The summed E-state index contributed by atoms with van der Waals surface area (Å²) in [5.74, 6) is -1.01. The Kier molecular flexibility index (Phi) is 6.35. The molecule has 0 saturated carbocycles. The number of aliphatic hydroxyl groups is 1. The van der Waals surface area contributed by atoms with Crippen molar-refractivity contribution >= 4 is 23.5 Å². The first kappa shape index (κ1) is 18.0. The van der Waals surface area contributed by atoms with Crippen LogP contribution in [0.25, 0.3) is 0 Å². The molecule has 0 aliphatic carbocycles.